The quantitative estimate of drug-likeness (QED) is 0.720. The van der Waals surface area contributed by atoms with Gasteiger partial charge in [0.2, 0.25) is 10.0 Å². The van der Waals surface area contributed by atoms with Gasteiger partial charge < -0.3 is 19.1 Å². The van der Waals surface area contributed by atoms with Crippen LogP contribution in [0.2, 0.25) is 0 Å². The standard InChI is InChI=1S/C19H30N2O5S/c1-24-16-5-6-17(25-2)18(13-16)27(22,23)20-14-19(7-11-26-12-8-19)15-21-9-3-4-10-21/h5-6,13,20H,3-4,7-12,14-15H2,1-2H3. The Kier molecular flexibility index (Phi) is 6.62. The highest BCUT2D eigenvalue weighted by Gasteiger charge is 2.36. The second-order valence-corrected chi connectivity index (χ2v) is 9.17. The Morgan fingerprint density at radius 2 is 1.85 bits per heavy atom. The zero-order valence-corrected chi connectivity index (χ0v) is 17.0. The third-order valence-corrected chi connectivity index (χ3v) is 7.03. The van der Waals surface area contributed by atoms with Crippen LogP contribution in [0.1, 0.15) is 25.7 Å². The molecule has 0 aliphatic carbocycles. The van der Waals surface area contributed by atoms with Crippen LogP contribution in [0.15, 0.2) is 23.1 Å². The summed E-state index contributed by atoms with van der Waals surface area (Å²) in [6.45, 7) is 4.86. The van der Waals surface area contributed by atoms with Gasteiger partial charge in [0.1, 0.15) is 16.4 Å². The highest BCUT2D eigenvalue weighted by molar-refractivity contribution is 7.89. The number of hydrogen-bond acceptors (Lipinski definition) is 6. The molecule has 152 valence electrons. The van der Waals surface area contributed by atoms with Gasteiger partial charge in [-0.1, -0.05) is 0 Å². The average Bonchev–Trinajstić information content (AvgIpc) is 3.19. The maximum Gasteiger partial charge on any atom is 0.244 e. The number of nitrogens with one attached hydrogen (secondary N) is 1. The van der Waals surface area contributed by atoms with E-state index in [1.807, 2.05) is 0 Å². The Morgan fingerprint density at radius 1 is 1.15 bits per heavy atom. The van der Waals surface area contributed by atoms with E-state index in [-0.39, 0.29) is 10.3 Å². The molecule has 0 aromatic heterocycles. The predicted molar refractivity (Wildman–Crippen MR) is 103 cm³/mol. The molecule has 27 heavy (non-hydrogen) atoms. The largest absolute Gasteiger partial charge is 0.497 e. The lowest BCUT2D eigenvalue weighted by Gasteiger charge is -2.40. The zero-order chi connectivity index (χ0) is 19.3. The molecule has 0 amide bonds. The zero-order valence-electron chi connectivity index (χ0n) is 16.2. The molecule has 1 aromatic carbocycles. The molecule has 0 bridgehead atoms. The number of methoxy groups -OCH3 is 2. The summed E-state index contributed by atoms with van der Waals surface area (Å²) in [7, 11) is -0.742. The summed E-state index contributed by atoms with van der Waals surface area (Å²) in [5, 5.41) is 0. The van der Waals surface area contributed by atoms with E-state index in [2.05, 4.69) is 9.62 Å². The fourth-order valence-corrected chi connectivity index (χ4v) is 5.27. The van der Waals surface area contributed by atoms with E-state index in [1.165, 1.54) is 33.1 Å². The van der Waals surface area contributed by atoms with E-state index >= 15 is 0 Å². The summed E-state index contributed by atoms with van der Waals surface area (Å²) >= 11 is 0. The van der Waals surface area contributed by atoms with Crippen molar-refractivity contribution in [1.82, 2.24) is 9.62 Å². The van der Waals surface area contributed by atoms with E-state index in [1.54, 1.807) is 12.1 Å². The maximum absolute atomic E-state index is 13.0. The van der Waals surface area contributed by atoms with Crippen LogP contribution in [0, 0.1) is 5.41 Å². The number of likely N-dealkylation sites (tertiary alicyclic amines) is 1. The van der Waals surface area contributed by atoms with E-state index < -0.39 is 10.0 Å². The van der Waals surface area contributed by atoms with E-state index in [0.29, 0.717) is 31.3 Å². The summed E-state index contributed by atoms with van der Waals surface area (Å²) in [4.78, 5) is 2.55. The third kappa shape index (κ3) is 4.93. The summed E-state index contributed by atoms with van der Waals surface area (Å²) in [5.41, 5.74) is -0.0955. The van der Waals surface area contributed by atoms with Crippen LogP contribution < -0.4 is 14.2 Å². The molecular weight excluding hydrogens is 368 g/mol. The lowest BCUT2D eigenvalue weighted by atomic mass is 9.80. The van der Waals surface area contributed by atoms with Crippen LogP contribution in [0.4, 0.5) is 0 Å². The first kappa shape index (κ1) is 20.4. The van der Waals surface area contributed by atoms with Crippen LogP contribution in [0.5, 0.6) is 11.5 Å². The van der Waals surface area contributed by atoms with Crippen molar-refractivity contribution in [3.8, 4) is 11.5 Å². The molecule has 0 radical (unpaired) electrons. The van der Waals surface area contributed by atoms with E-state index in [9.17, 15) is 8.42 Å². The Labute approximate surface area is 162 Å². The van der Waals surface area contributed by atoms with Crippen molar-refractivity contribution in [2.45, 2.75) is 30.6 Å². The van der Waals surface area contributed by atoms with Gasteiger partial charge in [-0.15, -0.1) is 0 Å². The fraction of sp³-hybridized carbons (Fsp3) is 0.684. The number of benzene rings is 1. The molecule has 2 fully saturated rings. The molecule has 3 rings (SSSR count). The van der Waals surface area contributed by atoms with Crippen molar-refractivity contribution in [3.63, 3.8) is 0 Å². The topological polar surface area (TPSA) is 77.1 Å². The summed E-state index contributed by atoms with van der Waals surface area (Å²) < 4.78 is 44.8. The smallest absolute Gasteiger partial charge is 0.244 e. The number of nitrogens with zero attached hydrogens (tertiary/aromatic N) is 1. The maximum atomic E-state index is 13.0. The molecular formula is C19H30N2O5S. The van der Waals surface area contributed by atoms with Gasteiger partial charge in [-0.3, -0.25) is 0 Å². The lowest BCUT2D eigenvalue weighted by Crippen LogP contribution is -2.48. The normalized spacial score (nSPS) is 20.5. The Morgan fingerprint density at radius 3 is 2.48 bits per heavy atom. The molecule has 0 spiro atoms. The van der Waals surface area contributed by atoms with Crippen molar-refractivity contribution >= 4 is 10.0 Å². The minimum Gasteiger partial charge on any atom is -0.497 e. The van der Waals surface area contributed by atoms with Crippen molar-refractivity contribution in [2.75, 3.05) is 53.6 Å². The molecule has 2 aliphatic rings. The number of rotatable bonds is 8. The first-order chi connectivity index (χ1) is 13.0. The van der Waals surface area contributed by atoms with Gasteiger partial charge >= 0.3 is 0 Å². The van der Waals surface area contributed by atoms with Gasteiger partial charge in [0.15, 0.2) is 0 Å². The summed E-state index contributed by atoms with van der Waals surface area (Å²) in [6, 6.07) is 4.80. The van der Waals surface area contributed by atoms with Gasteiger partial charge in [0.05, 0.1) is 14.2 Å². The minimum atomic E-state index is -3.72. The second-order valence-electron chi connectivity index (χ2n) is 7.44. The van der Waals surface area contributed by atoms with Crippen molar-refractivity contribution in [2.24, 2.45) is 5.41 Å². The Hall–Kier alpha value is -1.35. The van der Waals surface area contributed by atoms with E-state index in [0.717, 1.165) is 32.5 Å². The lowest BCUT2D eigenvalue weighted by molar-refractivity contribution is 0.00157. The van der Waals surface area contributed by atoms with Gasteiger partial charge in [-0.05, 0) is 50.9 Å². The molecule has 1 aromatic rings. The monoisotopic (exact) mass is 398 g/mol. The van der Waals surface area contributed by atoms with Crippen LogP contribution in [-0.2, 0) is 14.8 Å². The average molecular weight is 399 g/mol. The van der Waals surface area contributed by atoms with Gasteiger partial charge in [-0.2, -0.15) is 0 Å². The first-order valence-electron chi connectivity index (χ1n) is 9.50. The fourth-order valence-electron chi connectivity index (χ4n) is 3.93. The van der Waals surface area contributed by atoms with Gasteiger partial charge in [-0.25, -0.2) is 13.1 Å². The molecule has 0 saturated carbocycles. The molecule has 2 aliphatic heterocycles. The molecule has 2 saturated heterocycles. The third-order valence-electron chi connectivity index (χ3n) is 5.61. The first-order valence-corrected chi connectivity index (χ1v) is 11.0. The number of sulfonamides is 1. The predicted octanol–water partition coefficient (Wildman–Crippen LogP) is 1.87. The molecule has 0 unspecified atom stereocenters. The number of ether oxygens (including phenoxy) is 3. The molecule has 1 N–H and O–H groups in total. The van der Waals surface area contributed by atoms with E-state index in [4.69, 9.17) is 14.2 Å². The van der Waals surface area contributed by atoms with Crippen LogP contribution in [0.3, 0.4) is 0 Å². The summed E-state index contributed by atoms with van der Waals surface area (Å²) in [5.74, 6) is 0.790. The number of hydrogen-bond donors (Lipinski definition) is 1. The van der Waals surface area contributed by atoms with Crippen molar-refractivity contribution in [3.05, 3.63) is 18.2 Å². The molecule has 2 heterocycles. The van der Waals surface area contributed by atoms with Crippen molar-refractivity contribution in [1.29, 1.82) is 0 Å². The highest BCUT2D eigenvalue weighted by atomic mass is 32.2. The van der Waals surface area contributed by atoms with Crippen molar-refractivity contribution < 1.29 is 22.6 Å². The second kappa shape index (κ2) is 8.77. The Bertz CT molecular complexity index is 726. The van der Waals surface area contributed by atoms with Crippen LogP contribution in [-0.4, -0.2) is 66.9 Å². The molecule has 7 nitrogen and oxygen atoms in total. The van der Waals surface area contributed by atoms with Crippen LogP contribution >= 0.6 is 0 Å². The highest BCUT2D eigenvalue weighted by Crippen LogP contribution is 2.34. The van der Waals surface area contributed by atoms with Crippen LogP contribution in [0.25, 0.3) is 0 Å². The minimum absolute atomic E-state index is 0.0955. The Balaban J connectivity index is 1.77. The molecule has 8 heteroatoms. The summed E-state index contributed by atoms with van der Waals surface area (Å²) in [6.07, 6.45) is 4.17. The SMILES string of the molecule is COc1ccc(OC)c(S(=O)(=O)NCC2(CN3CCCC3)CCOCC2)c1. The van der Waals surface area contributed by atoms with Gasteiger partial charge in [0, 0.05) is 37.8 Å². The molecule has 0 atom stereocenters. The van der Waals surface area contributed by atoms with Gasteiger partial charge in [0.25, 0.3) is 0 Å².